The van der Waals surface area contributed by atoms with Gasteiger partial charge in [0.1, 0.15) is 0 Å². The normalized spacial score (nSPS) is 13.3. The fourth-order valence-electron chi connectivity index (χ4n) is 2.00. The molecule has 21 heavy (non-hydrogen) atoms. The predicted molar refractivity (Wildman–Crippen MR) is 78.6 cm³/mol. The molecule has 0 saturated carbocycles. The SMILES string of the molecule is CC(C)(C)c1nnnn1C[C@@H](O)COCc1ccccc1. The van der Waals surface area contributed by atoms with Crippen LogP contribution in [-0.2, 0) is 23.3 Å². The van der Waals surface area contributed by atoms with Crippen LogP contribution >= 0.6 is 0 Å². The van der Waals surface area contributed by atoms with E-state index in [0.29, 0.717) is 13.2 Å². The second kappa shape index (κ2) is 6.78. The van der Waals surface area contributed by atoms with E-state index < -0.39 is 6.10 Å². The summed E-state index contributed by atoms with van der Waals surface area (Å²) in [6.45, 7) is 7.17. The zero-order chi connectivity index (χ0) is 15.3. The lowest BCUT2D eigenvalue weighted by atomic mass is 9.96. The molecular formula is C15H22N4O2. The molecule has 1 aromatic carbocycles. The van der Waals surface area contributed by atoms with Gasteiger partial charge in [0.05, 0.1) is 25.9 Å². The van der Waals surface area contributed by atoms with Crippen molar-refractivity contribution in [1.29, 1.82) is 0 Å². The lowest BCUT2D eigenvalue weighted by Crippen LogP contribution is -2.27. The van der Waals surface area contributed by atoms with Gasteiger partial charge in [0.25, 0.3) is 0 Å². The van der Waals surface area contributed by atoms with Crippen LogP contribution < -0.4 is 0 Å². The van der Waals surface area contributed by atoms with Crippen LogP contribution in [0.1, 0.15) is 32.2 Å². The second-order valence-electron chi connectivity index (χ2n) is 6.09. The molecule has 0 radical (unpaired) electrons. The van der Waals surface area contributed by atoms with Gasteiger partial charge in [-0.3, -0.25) is 0 Å². The van der Waals surface area contributed by atoms with Gasteiger partial charge in [-0.05, 0) is 16.0 Å². The van der Waals surface area contributed by atoms with Crippen molar-refractivity contribution < 1.29 is 9.84 Å². The molecule has 1 N–H and O–H groups in total. The number of tetrazole rings is 1. The molecule has 0 spiro atoms. The van der Waals surface area contributed by atoms with Crippen molar-refractivity contribution in [2.24, 2.45) is 0 Å². The summed E-state index contributed by atoms with van der Waals surface area (Å²) in [5.41, 5.74) is 0.927. The van der Waals surface area contributed by atoms with Gasteiger partial charge in [-0.25, -0.2) is 4.68 Å². The van der Waals surface area contributed by atoms with E-state index in [1.165, 1.54) is 0 Å². The molecule has 114 valence electrons. The first-order chi connectivity index (χ1) is 9.97. The maximum absolute atomic E-state index is 10.0. The highest BCUT2D eigenvalue weighted by molar-refractivity contribution is 5.13. The first-order valence-electron chi connectivity index (χ1n) is 7.03. The van der Waals surface area contributed by atoms with E-state index in [1.54, 1.807) is 4.68 Å². The minimum Gasteiger partial charge on any atom is -0.389 e. The molecule has 0 aliphatic heterocycles. The Labute approximate surface area is 124 Å². The van der Waals surface area contributed by atoms with Gasteiger partial charge in [-0.2, -0.15) is 0 Å². The summed E-state index contributed by atoms with van der Waals surface area (Å²) >= 11 is 0. The summed E-state index contributed by atoms with van der Waals surface area (Å²) in [4.78, 5) is 0. The molecule has 2 rings (SSSR count). The van der Waals surface area contributed by atoms with Crippen molar-refractivity contribution in [3.05, 3.63) is 41.7 Å². The molecule has 0 saturated heterocycles. The van der Waals surface area contributed by atoms with Crippen molar-refractivity contribution in [2.45, 2.75) is 45.4 Å². The van der Waals surface area contributed by atoms with Gasteiger partial charge in [-0.1, -0.05) is 51.1 Å². The topological polar surface area (TPSA) is 73.1 Å². The number of ether oxygens (including phenoxy) is 1. The van der Waals surface area contributed by atoms with Crippen LogP contribution in [0.5, 0.6) is 0 Å². The molecule has 1 atom stereocenters. The van der Waals surface area contributed by atoms with Crippen molar-refractivity contribution >= 4 is 0 Å². The molecule has 0 fully saturated rings. The molecule has 6 heteroatoms. The van der Waals surface area contributed by atoms with E-state index in [1.807, 2.05) is 51.1 Å². The Balaban J connectivity index is 1.82. The standard InChI is InChI=1S/C15H22N4O2/c1-15(2,3)14-16-17-18-19(14)9-13(20)11-21-10-12-7-5-4-6-8-12/h4-8,13,20H,9-11H2,1-3H3/t13-/m1/s1. The Hall–Kier alpha value is -1.79. The van der Waals surface area contributed by atoms with Gasteiger partial charge in [0.15, 0.2) is 5.82 Å². The van der Waals surface area contributed by atoms with E-state index in [-0.39, 0.29) is 12.0 Å². The average Bonchev–Trinajstić information content (AvgIpc) is 2.88. The summed E-state index contributed by atoms with van der Waals surface area (Å²) < 4.78 is 7.16. The van der Waals surface area contributed by atoms with Crippen LogP contribution in [-0.4, -0.2) is 38.0 Å². The smallest absolute Gasteiger partial charge is 0.156 e. The molecule has 0 aliphatic rings. The number of benzene rings is 1. The highest BCUT2D eigenvalue weighted by Crippen LogP contribution is 2.18. The van der Waals surface area contributed by atoms with E-state index in [0.717, 1.165) is 11.4 Å². The van der Waals surface area contributed by atoms with E-state index in [4.69, 9.17) is 4.74 Å². The van der Waals surface area contributed by atoms with Crippen molar-refractivity contribution in [1.82, 2.24) is 20.2 Å². The minimum absolute atomic E-state index is 0.159. The molecule has 0 unspecified atom stereocenters. The van der Waals surface area contributed by atoms with Crippen LogP contribution in [0, 0.1) is 0 Å². The van der Waals surface area contributed by atoms with Gasteiger partial charge < -0.3 is 9.84 Å². The minimum atomic E-state index is -0.640. The number of aromatic nitrogens is 4. The predicted octanol–water partition coefficient (Wildman–Crippen LogP) is 1.55. The van der Waals surface area contributed by atoms with Crippen LogP contribution in [0.2, 0.25) is 0 Å². The van der Waals surface area contributed by atoms with E-state index in [9.17, 15) is 5.11 Å². The fourth-order valence-corrected chi connectivity index (χ4v) is 2.00. The number of rotatable bonds is 6. The van der Waals surface area contributed by atoms with Crippen molar-refractivity contribution in [3.8, 4) is 0 Å². The highest BCUT2D eigenvalue weighted by atomic mass is 16.5. The Morgan fingerprint density at radius 3 is 2.62 bits per heavy atom. The summed E-state index contributed by atoms with van der Waals surface area (Å²) in [7, 11) is 0. The van der Waals surface area contributed by atoms with Crippen LogP contribution in [0.15, 0.2) is 30.3 Å². The number of nitrogens with zero attached hydrogens (tertiary/aromatic N) is 4. The third-order valence-corrected chi connectivity index (χ3v) is 3.01. The zero-order valence-electron chi connectivity index (χ0n) is 12.7. The summed E-state index contributed by atoms with van der Waals surface area (Å²) in [5, 5.41) is 21.7. The van der Waals surface area contributed by atoms with Gasteiger partial charge >= 0.3 is 0 Å². The van der Waals surface area contributed by atoms with Gasteiger partial charge in [0, 0.05) is 5.41 Å². The molecule has 2 aromatic rings. The maximum atomic E-state index is 10.0. The molecule has 0 amide bonds. The van der Waals surface area contributed by atoms with E-state index in [2.05, 4.69) is 15.5 Å². The summed E-state index contributed by atoms with van der Waals surface area (Å²) in [6.07, 6.45) is -0.640. The summed E-state index contributed by atoms with van der Waals surface area (Å²) in [5.74, 6) is 0.754. The van der Waals surface area contributed by atoms with Crippen LogP contribution in [0.4, 0.5) is 0 Å². The molecule has 6 nitrogen and oxygen atoms in total. The molecule has 0 bridgehead atoms. The Bertz CT molecular complexity index is 548. The Morgan fingerprint density at radius 2 is 1.95 bits per heavy atom. The van der Waals surface area contributed by atoms with Gasteiger partial charge in [-0.15, -0.1) is 5.10 Å². The lowest BCUT2D eigenvalue weighted by molar-refractivity contribution is 0.0177. The van der Waals surface area contributed by atoms with Crippen LogP contribution in [0.3, 0.4) is 0 Å². The monoisotopic (exact) mass is 290 g/mol. The molecule has 1 heterocycles. The first-order valence-corrected chi connectivity index (χ1v) is 7.03. The number of hydrogen-bond donors (Lipinski definition) is 1. The Morgan fingerprint density at radius 1 is 1.24 bits per heavy atom. The molecular weight excluding hydrogens is 268 g/mol. The van der Waals surface area contributed by atoms with E-state index >= 15 is 0 Å². The first kappa shape index (κ1) is 15.6. The third kappa shape index (κ3) is 4.61. The van der Waals surface area contributed by atoms with Crippen molar-refractivity contribution in [3.63, 3.8) is 0 Å². The number of hydrogen-bond acceptors (Lipinski definition) is 5. The second-order valence-corrected chi connectivity index (χ2v) is 6.09. The third-order valence-electron chi connectivity index (χ3n) is 3.01. The number of aliphatic hydroxyl groups excluding tert-OH is 1. The average molecular weight is 290 g/mol. The summed E-state index contributed by atoms with van der Waals surface area (Å²) in [6, 6.07) is 9.87. The maximum Gasteiger partial charge on any atom is 0.156 e. The Kier molecular flexibility index (Phi) is 5.03. The fraction of sp³-hybridized carbons (Fsp3) is 0.533. The highest BCUT2D eigenvalue weighted by Gasteiger charge is 2.23. The quantitative estimate of drug-likeness (QED) is 0.873. The lowest BCUT2D eigenvalue weighted by Gasteiger charge is -2.18. The van der Waals surface area contributed by atoms with Gasteiger partial charge in [0.2, 0.25) is 0 Å². The largest absolute Gasteiger partial charge is 0.389 e. The van der Waals surface area contributed by atoms with Crippen LogP contribution in [0.25, 0.3) is 0 Å². The molecule has 0 aliphatic carbocycles. The molecule has 1 aromatic heterocycles. The van der Waals surface area contributed by atoms with Crippen molar-refractivity contribution in [2.75, 3.05) is 6.61 Å². The zero-order valence-corrected chi connectivity index (χ0v) is 12.7. The number of aliphatic hydroxyl groups is 1.